The smallest absolute Gasteiger partial charge is 1.00 e. The molecular formula is C17H24Cl2HfP. The van der Waals surface area contributed by atoms with Gasteiger partial charge in [-0.3, -0.25) is 0 Å². The van der Waals surface area contributed by atoms with E-state index in [-0.39, 0.29) is 32.7 Å². The van der Waals surface area contributed by atoms with Gasteiger partial charge in [-0.1, -0.05) is 0 Å². The third kappa shape index (κ3) is 4.66. The monoisotopic (exact) mass is 509 g/mol. The summed E-state index contributed by atoms with van der Waals surface area (Å²) in [6.07, 6.45) is 2.51. The van der Waals surface area contributed by atoms with Crippen molar-refractivity contribution in [3.63, 3.8) is 0 Å². The Hall–Kier alpha value is 0.840. The molecule has 0 spiro atoms. The van der Waals surface area contributed by atoms with Crippen molar-refractivity contribution in [3.05, 3.63) is 40.7 Å². The fourth-order valence-corrected chi connectivity index (χ4v) is 10.1. The van der Waals surface area contributed by atoms with Gasteiger partial charge in [0.2, 0.25) is 0 Å². The van der Waals surface area contributed by atoms with Crippen molar-refractivity contribution in [1.82, 2.24) is 0 Å². The summed E-state index contributed by atoms with van der Waals surface area (Å²) in [5.74, 6) is 0. The Kier molecular flexibility index (Phi) is 7.91. The number of halogens is 2. The maximum Gasteiger partial charge on any atom is -1.00 e. The van der Waals surface area contributed by atoms with Gasteiger partial charge in [-0.15, -0.1) is 0 Å². The fraction of sp³-hybridized carbons (Fsp3) is 0.529. The summed E-state index contributed by atoms with van der Waals surface area (Å²) < 4.78 is 0.723. The van der Waals surface area contributed by atoms with Gasteiger partial charge in [-0.2, -0.15) is 0 Å². The van der Waals surface area contributed by atoms with Gasteiger partial charge in [-0.05, 0) is 0 Å². The minimum Gasteiger partial charge on any atom is -1.00 e. The summed E-state index contributed by atoms with van der Waals surface area (Å²) in [4.78, 5) is 0. The van der Waals surface area contributed by atoms with Crippen molar-refractivity contribution in [3.8, 4) is 0 Å². The third-order valence-electron chi connectivity index (χ3n) is 3.51. The van der Waals surface area contributed by atoms with E-state index in [4.69, 9.17) is 0 Å². The zero-order valence-electron chi connectivity index (χ0n) is 13.7. The van der Waals surface area contributed by atoms with Crippen LogP contribution in [0.5, 0.6) is 0 Å². The molecule has 1 aromatic rings. The minimum absolute atomic E-state index is 0. The van der Waals surface area contributed by atoms with Gasteiger partial charge < -0.3 is 24.8 Å². The van der Waals surface area contributed by atoms with E-state index in [9.17, 15) is 0 Å². The number of hydrogen-bond donors (Lipinski definition) is 0. The molecule has 0 aromatic heterocycles. The Morgan fingerprint density at radius 3 is 1.81 bits per heavy atom. The van der Waals surface area contributed by atoms with Crippen LogP contribution in [0.2, 0.25) is 0 Å². The number of hydrogen-bond acceptors (Lipinski definition) is 0. The summed E-state index contributed by atoms with van der Waals surface area (Å²) in [7, 11) is -0.134. The van der Waals surface area contributed by atoms with E-state index in [1.807, 2.05) is 0 Å². The normalized spacial score (nSPS) is 17.8. The quantitative estimate of drug-likeness (QED) is 0.362. The summed E-state index contributed by atoms with van der Waals surface area (Å²) in [6.45, 7) is 14.5. The molecule has 0 fully saturated rings. The van der Waals surface area contributed by atoms with E-state index >= 15 is 0 Å². The van der Waals surface area contributed by atoms with Crippen LogP contribution in [0.1, 0.15) is 56.3 Å². The van der Waals surface area contributed by atoms with E-state index in [1.165, 1.54) is 29.9 Å². The predicted octanol–water partition coefficient (Wildman–Crippen LogP) is -0.284. The molecule has 1 aliphatic rings. The molecule has 0 bridgehead atoms. The van der Waals surface area contributed by atoms with Crippen LogP contribution in [0.25, 0.3) is 6.08 Å². The molecule has 0 nitrogen and oxygen atoms in total. The van der Waals surface area contributed by atoms with Crippen LogP contribution in [0, 0.1) is 0 Å². The Balaban J connectivity index is 0.00000200. The number of allylic oxidation sites excluding steroid dienone is 1. The first-order valence-corrected chi connectivity index (χ1v) is 10.4. The Labute approximate surface area is 158 Å². The van der Waals surface area contributed by atoms with Gasteiger partial charge in [0, 0.05) is 0 Å². The number of fused-ring (bicyclic) bond motifs is 1. The number of rotatable bonds is 1. The maximum atomic E-state index is 2.51. The molecule has 0 saturated heterocycles. The van der Waals surface area contributed by atoms with E-state index in [2.05, 4.69) is 71.9 Å². The third-order valence-corrected chi connectivity index (χ3v) is 10.2. The van der Waals surface area contributed by atoms with Gasteiger partial charge in [0.25, 0.3) is 0 Å². The molecule has 115 valence electrons. The van der Waals surface area contributed by atoms with Crippen LogP contribution in [-0.4, -0.2) is 10.3 Å². The van der Waals surface area contributed by atoms with E-state index in [0.29, 0.717) is 10.3 Å². The van der Waals surface area contributed by atoms with E-state index in [1.54, 1.807) is 10.9 Å². The van der Waals surface area contributed by atoms with Gasteiger partial charge in [0.15, 0.2) is 0 Å². The summed E-state index contributed by atoms with van der Waals surface area (Å²) >= 11 is 1.23. The van der Waals surface area contributed by atoms with Crippen molar-refractivity contribution >= 4 is 14.0 Å². The van der Waals surface area contributed by atoms with Crippen LogP contribution >= 0.6 is 7.92 Å². The van der Waals surface area contributed by atoms with Crippen LogP contribution in [0.15, 0.2) is 29.6 Å². The average Bonchev–Trinajstić information content (AvgIpc) is 2.53. The van der Waals surface area contributed by atoms with Crippen molar-refractivity contribution < 1.29 is 49.2 Å². The van der Waals surface area contributed by atoms with Crippen LogP contribution in [-0.2, 0) is 24.4 Å². The second-order valence-electron chi connectivity index (χ2n) is 7.31. The van der Waals surface area contributed by atoms with Crippen LogP contribution < -0.4 is 24.8 Å². The molecule has 4 heteroatoms. The van der Waals surface area contributed by atoms with Gasteiger partial charge in [0.1, 0.15) is 0 Å². The molecule has 0 radical (unpaired) electrons. The molecule has 0 amide bonds. The molecule has 0 N–H and O–H groups in total. The molecule has 2 rings (SSSR count). The minimum atomic E-state index is -0.134. The van der Waals surface area contributed by atoms with Crippen LogP contribution in [0.4, 0.5) is 0 Å². The van der Waals surface area contributed by atoms with E-state index < -0.39 is 0 Å². The fourth-order valence-electron chi connectivity index (χ4n) is 3.28. The summed E-state index contributed by atoms with van der Waals surface area (Å²) in [5, 5.41) is 2.50. The summed E-state index contributed by atoms with van der Waals surface area (Å²) in [5.41, 5.74) is 3.05. The van der Waals surface area contributed by atoms with Gasteiger partial charge in [-0.25, -0.2) is 0 Å². The topological polar surface area (TPSA) is 0 Å². The average molecular weight is 509 g/mol. The predicted molar refractivity (Wildman–Crippen MR) is 83.6 cm³/mol. The second kappa shape index (κ2) is 7.61. The van der Waals surface area contributed by atoms with Gasteiger partial charge in [0.05, 0.1) is 0 Å². The molecule has 1 unspecified atom stereocenters. The van der Waals surface area contributed by atoms with Crippen molar-refractivity contribution in [2.24, 2.45) is 0 Å². The Morgan fingerprint density at radius 1 is 0.905 bits per heavy atom. The zero-order valence-corrected chi connectivity index (χ0v) is 19.7. The molecule has 21 heavy (non-hydrogen) atoms. The van der Waals surface area contributed by atoms with Crippen LogP contribution in [0.3, 0.4) is 0 Å². The van der Waals surface area contributed by atoms with Gasteiger partial charge >= 0.3 is 135 Å². The molecular weight excluding hydrogens is 485 g/mol. The summed E-state index contributed by atoms with van der Waals surface area (Å²) in [6, 6.07) is 8.97. The first kappa shape index (κ1) is 21.8. The standard InChI is InChI=1S/C17H24P.2ClH.Hf/c1-16(2,3)18(17(4,5)6)15-11-13-9-7-8-10-14(13)12-15;;;/h7-12H,1-6H3;2*1H;/q;;;+2/p-2. The molecule has 1 aliphatic carbocycles. The molecule has 1 aromatic carbocycles. The largest absolute Gasteiger partial charge is 1.00 e. The van der Waals surface area contributed by atoms with Crippen molar-refractivity contribution in [2.45, 2.75) is 55.5 Å². The molecule has 0 aliphatic heterocycles. The second-order valence-corrected chi connectivity index (χ2v) is 13.3. The Bertz CT molecular complexity index is 498. The molecule has 0 saturated carbocycles. The van der Waals surface area contributed by atoms with E-state index in [0.717, 1.165) is 3.67 Å². The van der Waals surface area contributed by atoms with Crippen molar-refractivity contribution in [2.75, 3.05) is 0 Å². The Morgan fingerprint density at radius 2 is 1.38 bits per heavy atom. The first-order chi connectivity index (χ1) is 8.62. The maximum absolute atomic E-state index is 2.51. The number of benzene rings is 1. The molecule has 0 heterocycles. The first-order valence-electron chi connectivity index (χ1n) is 6.94. The zero-order chi connectivity index (χ0) is 14.4. The SMILES string of the molecule is CC(C)(C)P(C1=Cc2ccccc2[CH]1[Hf+2])C(C)(C)C.[Cl-].[Cl-]. The molecule has 1 atom stereocenters. The van der Waals surface area contributed by atoms with Crippen molar-refractivity contribution in [1.29, 1.82) is 0 Å².